The molecule has 0 saturated heterocycles. The molecule has 0 bridgehead atoms. The predicted molar refractivity (Wildman–Crippen MR) is 115 cm³/mol. The summed E-state index contributed by atoms with van der Waals surface area (Å²) < 4.78 is 25.8. The number of para-hydroxylation sites is 1. The van der Waals surface area contributed by atoms with Gasteiger partial charge in [0.05, 0.1) is 18.0 Å². The van der Waals surface area contributed by atoms with Crippen molar-refractivity contribution in [3.63, 3.8) is 0 Å². The third-order valence-electron chi connectivity index (χ3n) is 4.73. The molecule has 0 aliphatic rings. The fourth-order valence-electron chi connectivity index (χ4n) is 3.07. The molecule has 2 aromatic rings. The van der Waals surface area contributed by atoms with Gasteiger partial charge in [0.2, 0.25) is 15.9 Å². The van der Waals surface area contributed by atoms with Gasteiger partial charge in [0, 0.05) is 0 Å². The van der Waals surface area contributed by atoms with Crippen molar-refractivity contribution in [1.29, 1.82) is 0 Å². The van der Waals surface area contributed by atoms with Crippen LogP contribution in [0.1, 0.15) is 51.8 Å². The van der Waals surface area contributed by atoms with Crippen LogP contribution in [-0.2, 0) is 20.2 Å². The van der Waals surface area contributed by atoms with Gasteiger partial charge in [0.25, 0.3) is 0 Å². The number of sulfonamides is 1. The number of hydrogen-bond acceptors (Lipinski definition) is 3. The minimum Gasteiger partial charge on any atom is -0.348 e. The maximum absolute atomic E-state index is 12.8. The van der Waals surface area contributed by atoms with Gasteiger partial charge < -0.3 is 5.32 Å². The van der Waals surface area contributed by atoms with Crippen molar-refractivity contribution in [3.05, 3.63) is 65.7 Å². The Morgan fingerprint density at radius 2 is 1.50 bits per heavy atom. The summed E-state index contributed by atoms with van der Waals surface area (Å²) in [5.41, 5.74) is 2.72. The number of carbonyl (C=O) groups excluding carboxylic acids is 1. The molecule has 2 rings (SSSR count). The molecular weight excluding hydrogens is 372 g/mol. The lowest BCUT2D eigenvalue weighted by Crippen LogP contribution is -2.48. The van der Waals surface area contributed by atoms with Crippen LogP contribution in [-0.4, -0.2) is 26.6 Å². The number of rotatable bonds is 6. The monoisotopic (exact) mass is 402 g/mol. The molecule has 28 heavy (non-hydrogen) atoms. The summed E-state index contributed by atoms with van der Waals surface area (Å²) in [5.74, 6) is -0.346. The lowest BCUT2D eigenvalue weighted by Gasteiger charge is -2.29. The van der Waals surface area contributed by atoms with E-state index in [-0.39, 0.29) is 17.4 Å². The summed E-state index contributed by atoms with van der Waals surface area (Å²) in [4.78, 5) is 12.8. The van der Waals surface area contributed by atoms with Crippen LogP contribution >= 0.6 is 0 Å². The van der Waals surface area contributed by atoms with Crippen molar-refractivity contribution < 1.29 is 13.2 Å². The van der Waals surface area contributed by atoms with Crippen molar-refractivity contribution in [2.45, 2.75) is 52.1 Å². The fraction of sp³-hybridized carbons (Fsp3) is 0.409. The maximum atomic E-state index is 12.8. The van der Waals surface area contributed by atoms with E-state index in [4.69, 9.17) is 0 Å². The van der Waals surface area contributed by atoms with Crippen molar-refractivity contribution >= 4 is 21.6 Å². The van der Waals surface area contributed by atoms with E-state index in [1.807, 2.05) is 19.1 Å². The standard InChI is InChI=1S/C22H30N2O3S/c1-16(18-12-14-19(15-13-18)22(3,4)5)23-21(25)17(2)24(28(6,26)27)20-10-8-7-9-11-20/h7-17H,1-6H3,(H,23,25)/t16-,17+/m0/s1. The van der Waals surface area contributed by atoms with Gasteiger partial charge in [-0.2, -0.15) is 0 Å². The van der Waals surface area contributed by atoms with E-state index in [0.717, 1.165) is 16.1 Å². The predicted octanol–water partition coefficient (Wildman–Crippen LogP) is 4.02. The van der Waals surface area contributed by atoms with Crippen molar-refractivity contribution in [2.75, 3.05) is 10.6 Å². The first-order chi connectivity index (χ1) is 12.9. The van der Waals surface area contributed by atoms with Crippen LogP contribution in [0.2, 0.25) is 0 Å². The molecule has 5 nitrogen and oxygen atoms in total. The molecule has 1 amide bonds. The fourth-order valence-corrected chi connectivity index (χ4v) is 4.25. The first-order valence-corrected chi connectivity index (χ1v) is 11.2. The highest BCUT2D eigenvalue weighted by molar-refractivity contribution is 7.92. The van der Waals surface area contributed by atoms with Gasteiger partial charge in [-0.05, 0) is 42.5 Å². The minimum absolute atomic E-state index is 0.0607. The Kier molecular flexibility index (Phi) is 6.55. The summed E-state index contributed by atoms with van der Waals surface area (Å²) in [7, 11) is -3.61. The second-order valence-corrected chi connectivity index (χ2v) is 10.0. The molecule has 0 aromatic heterocycles. The summed E-state index contributed by atoms with van der Waals surface area (Å²) in [6.07, 6.45) is 1.11. The lowest BCUT2D eigenvalue weighted by molar-refractivity contribution is -0.122. The summed E-state index contributed by atoms with van der Waals surface area (Å²) >= 11 is 0. The Balaban J connectivity index is 2.18. The van der Waals surface area contributed by atoms with Gasteiger partial charge in [0.1, 0.15) is 6.04 Å². The minimum atomic E-state index is -3.61. The second kappa shape index (κ2) is 8.35. The van der Waals surface area contributed by atoms with E-state index in [2.05, 4.69) is 38.2 Å². The van der Waals surface area contributed by atoms with E-state index in [9.17, 15) is 13.2 Å². The topological polar surface area (TPSA) is 66.5 Å². The molecular formula is C22H30N2O3S. The summed E-state index contributed by atoms with van der Waals surface area (Å²) in [6, 6.07) is 15.7. The molecule has 0 saturated carbocycles. The molecule has 0 radical (unpaired) electrons. The first-order valence-electron chi connectivity index (χ1n) is 9.36. The molecule has 2 atom stereocenters. The van der Waals surface area contributed by atoms with Gasteiger partial charge in [-0.15, -0.1) is 0 Å². The first kappa shape index (κ1) is 22.0. The van der Waals surface area contributed by atoms with Crippen LogP contribution in [0.3, 0.4) is 0 Å². The molecule has 0 unspecified atom stereocenters. The average Bonchev–Trinajstić information content (AvgIpc) is 2.60. The number of nitrogens with zero attached hydrogens (tertiary/aromatic N) is 1. The zero-order chi connectivity index (χ0) is 21.1. The van der Waals surface area contributed by atoms with Crippen LogP contribution in [0.4, 0.5) is 5.69 Å². The van der Waals surface area contributed by atoms with E-state index in [0.29, 0.717) is 5.69 Å². The highest BCUT2D eigenvalue weighted by Gasteiger charge is 2.29. The molecule has 0 heterocycles. The van der Waals surface area contributed by atoms with Crippen molar-refractivity contribution in [2.24, 2.45) is 0 Å². The highest BCUT2D eigenvalue weighted by atomic mass is 32.2. The zero-order valence-corrected chi connectivity index (χ0v) is 18.2. The SMILES string of the molecule is C[C@H](NC(=O)[C@@H](C)N(c1ccccc1)S(C)(=O)=O)c1ccc(C(C)(C)C)cc1. The Hall–Kier alpha value is -2.34. The van der Waals surface area contributed by atoms with Crippen LogP contribution in [0.15, 0.2) is 54.6 Å². The summed E-state index contributed by atoms with van der Waals surface area (Å²) in [6.45, 7) is 9.94. The van der Waals surface area contributed by atoms with Crippen molar-refractivity contribution in [1.82, 2.24) is 5.32 Å². The molecule has 0 spiro atoms. The Morgan fingerprint density at radius 3 is 1.96 bits per heavy atom. The van der Waals surface area contributed by atoms with Gasteiger partial charge in [-0.25, -0.2) is 8.42 Å². The smallest absolute Gasteiger partial charge is 0.244 e. The molecule has 0 fully saturated rings. The van der Waals surface area contributed by atoms with E-state index >= 15 is 0 Å². The average molecular weight is 403 g/mol. The number of carbonyl (C=O) groups is 1. The van der Waals surface area contributed by atoms with Crippen LogP contribution < -0.4 is 9.62 Å². The van der Waals surface area contributed by atoms with Crippen LogP contribution in [0.25, 0.3) is 0 Å². The van der Waals surface area contributed by atoms with E-state index in [1.165, 1.54) is 5.56 Å². The van der Waals surface area contributed by atoms with Gasteiger partial charge in [-0.3, -0.25) is 9.10 Å². The molecule has 0 aliphatic carbocycles. The largest absolute Gasteiger partial charge is 0.348 e. The van der Waals surface area contributed by atoms with Crippen LogP contribution in [0.5, 0.6) is 0 Å². The zero-order valence-electron chi connectivity index (χ0n) is 17.4. The number of nitrogens with one attached hydrogen (secondary N) is 1. The molecule has 6 heteroatoms. The normalized spacial score (nSPS) is 14.2. The Bertz CT molecular complexity index is 901. The molecule has 2 aromatic carbocycles. The van der Waals surface area contributed by atoms with E-state index < -0.39 is 16.1 Å². The lowest BCUT2D eigenvalue weighted by atomic mass is 9.86. The Labute approximate surface area is 168 Å². The third-order valence-corrected chi connectivity index (χ3v) is 5.98. The highest BCUT2D eigenvalue weighted by Crippen LogP contribution is 2.24. The number of hydrogen-bond donors (Lipinski definition) is 1. The number of benzene rings is 2. The van der Waals surface area contributed by atoms with E-state index in [1.54, 1.807) is 37.3 Å². The Morgan fingerprint density at radius 1 is 0.964 bits per heavy atom. The van der Waals surface area contributed by atoms with Crippen LogP contribution in [0, 0.1) is 0 Å². The third kappa shape index (κ3) is 5.35. The molecule has 152 valence electrons. The number of amides is 1. The molecule has 0 aliphatic heterocycles. The number of anilines is 1. The maximum Gasteiger partial charge on any atom is 0.244 e. The quantitative estimate of drug-likeness (QED) is 0.794. The van der Waals surface area contributed by atoms with Gasteiger partial charge >= 0.3 is 0 Å². The van der Waals surface area contributed by atoms with Crippen molar-refractivity contribution in [3.8, 4) is 0 Å². The summed E-state index contributed by atoms with van der Waals surface area (Å²) in [5, 5.41) is 2.93. The molecule has 1 N–H and O–H groups in total. The van der Waals surface area contributed by atoms with Gasteiger partial charge in [-0.1, -0.05) is 63.2 Å². The second-order valence-electron chi connectivity index (χ2n) is 8.17. The van der Waals surface area contributed by atoms with Gasteiger partial charge in [0.15, 0.2) is 0 Å².